The summed E-state index contributed by atoms with van der Waals surface area (Å²) in [6.07, 6.45) is 1.72. The lowest BCUT2D eigenvalue weighted by atomic mass is 10.2. The highest BCUT2D eigenvalue weighted by Gasteiger charge is 2.07. The summed E-state index contributed by atoms with van der Waals surface area (Å²) in [5, 5.41) is 1.16. The summed E-state index contributed by atoms with van der Waals surface area (Å²) in [5.74, 6) is 0. The number of aromatic amines is 1. The SMILES string of the molecule is C=C[C@H](N)c1cc2cccc(Br)c2[nH]1. The first kappa shape index (κ1) is 9.49. The highest BCUT2D eigenvalue weighted by atomic mass is 79.9. The molecule has 0 aliphatic carbocycles. The van der Waals surface area contributed by atoms with Gasteiger partial charge < -0.3 is 10.7 Å². The van der Waals surface area contributed by atoms with Crippen LogP contribution in [0.25, 0.3) is 10.9 Å². The third kappa shape index (κ3) is 1.49. The van der Waals surface area contributed by atoms with Crippen LogP contribution in [0, 0.1) is 0 Å². The van der Waals surface area contributed by atoms with Crippen LogP contribution >= 0.6 is 15.9 Å². The molecule has 2 aromatic rings. The quantitative estimate of drug-likeness (QED) is 0.791. The normalized spacial score (nSPS) is 13.0. The van der Waals surface area contributed by atoms with Gasteiger partial charge in [0.1, 0.15) is 0 Å². The van der Waals surface area contributed by atoms with E-state index < -0.39 is 0 Å². The molecule has 1 atom stereocenters. The Bertz CT molecular complexity index is 473. The molecule has 0 aliphatic heterocycles. The Morgan fingerprint density at radius 2 is 2.29 bits per heavy atom. The summed E-state index contributed by atoms with van der Waals surface area (Å²) in [7, 11) is 0. The van der Waals surface area contributed by atoms with E-state index in [0.717, 1.165) is 21.1 Å². The first-order chi connectivity index (χ1) is 6.72. The van der Waals surface area contributed by atoms with E-state index in [4.69, 9.17) is 5.73 Å². The third-order valence-corrected chi connectivity index (χ3v) is 2.90. The lowest BCUT2D eigenvalue weighted by Crippen LogP contribution is -2.06. The van der Waals surface area contributed by atoms with Gasteiger partial charge in [-0.25, -0.2) is 0 Å². The van der Waals surface area contributed by atoms with Crippen molar-refractivity contribution in [1.29, 1.82) is 0 Å². The number of aromatic nitrogens is 1. The van der Waals surface area contributed by atoms with Crippen LogP contribution in [0.1, 0.15) is 11.7 Å². The maximum atomic E-state index is 5.84. The van der Waals surface area contributed by atoms with Crippen LogP contribution in [0.5, 0.6) is 0 Å². The monoisotopic (exact) mass is 250 g/mol. The van der Waals surface area contributed by atoms with Crippen LogP contribution in [0.2, 0.25) is 0 Å². The molecule has 3 N–H and O–H groups in total. The number of halogens is 1. The number of fused-ring (bicyclic) bond motifs is 1. The molecule has 72 valence electrons. The van der Waals surface area contributed by atoms with E-state index in [0.29, 0.717) is 0 Å². The minimum atomic E-state index is -0.130. The van der Waals surface area contributed by atoms with Crippen molar-refractivity contribution in [2.45, 2.75) is 6.04 Å². The van der Waals surface area contributed by atoms with Gasteiger partial charge in [-0.1, -0.05) is 18.2 Å². The fourth-order valence-electron chi connectivity index (χ4n) is 1.45. The molecule has 1 heterocycles. The van der Waals surface area contributed by atoms with Gasteiger partial charge in [-0.2, -0.15) is 0 Å². The average Bonchev–Trinajstić information content (AvgIpc) is 2.62. The van der Waals surface area contributed by atoms with E-state index in [1.807, 2.05) is 18.2 Å². The lowest BCUT2D eigenvalue weighted by Gasteiger charge is -2.00. The van der Waals surface area contributed by atoms with Crippen molar-refractivity contribution in [2.75, 3.05) is 0 Å². The van der Waals surface area contributed by atoms with Crippen molar-refractivity contribution in [1.82, 2.24) is 4.98 Å². The zero-order valence-electron chi connectivity index (χ0n) is 7.63. The Kier molecular flexibility index (Phi) is 2.44. The molecule has 0 radical (unpaired) electrons. The van der Waals surface area contributed by atoms with Crippen LogP contribution in [-0.4, -0.2) is 4.98 Å². The largest absolute Gasteiger partial charge is 0.356 e. The molecule has 1 aromatic carbocycles. The van der Waals surface area contributed by atoms with Crippen molar-refractivity contribution in [2.24, 2.45) is 5.73 Å². The first-order valence-electron chi connectivity index (χ1n) is 4.37. The second-order valence-corrected chi connectivity index (χ2v) is 4.04. The smallest absolute Gasteiger partial charge is 0.0631 e. The van der Waals surface area contributed by atoms with Gasteiger partial charge in [0.05, 0.1) is 11.6 Å². The molecule has 0 saturated heterocycles. The van der Waals surface area contributed by atoms with E-state index in [-0.39, 0.29) is 6.04 Å². The number of H-pyrrole nitrogens is 1. The summed E-state index contributed by atoms with van der Waals surface area (Å²) >= 11 is 3.48. The van der Waals surface area contributed by atoms with Crippen LogP contribution in [0.4, 0.5) is 0 Å². The van der Waals surface area contributed by atoms with Gasteiger partial charge in [-0.15, -0.1) is 6.58 Å². The molecular formula is C11H11BrN2. The highest BCUT2D eigenvalue weighted by molar-refractivity contribution is 9.10. The number of nitrogens with one attached hydrogen (secondary N) is 1. The third-order valence-electron chi connectivity index (χ3n) is 2.24. The van der Waals surface area contributed by atoms with Gasteiger partial charge in [0, 0.05) is 15.6 Å². The Labute approximate surface area is 90.9 Å². The van der Waals surface area contributed by atoms with Gasteiger partial charge in [-0.3, -0.25) is 0 Å². The number of benzene rings is 1. The molecule has 0 spiro atoms. The Hall–Kier alpha value is -1.06. The number of hydrogen-bond donors (Lipinski definition) is 2. The molecule has 14 heavy (non-hydrogen) atoms. The maximum Gasteiger partial charge on any atom is 0.0631 e. The number of hydrogen-bond acceptors (Lipinski definition) is 1. The minimum Gasteiger partial charge on any atom is -0.356 e. The van der Waals surface area contributed by atoms with Gasteiger partial charge in [0.15, 0.2) is 0 Å². The fourth-order valence-corrected chi connectivity index (χ4v) is 1.93. The topological polar surface area (TPSA) is 41.8 Å². The summed E-state index contributed by atoms with van der Waals surface area (Å²) in [6.45, 7) is 3.67. The van der Waals surface area contributed by atoms with Crippen molar-refractivity contribution in [3.05, 3.63) is 47.1 Å². The summed E-state index contributed by atoms with van der Waals surface area (Å²) in [5.41, 5.74) is 7.91. The maximum absolute atomic E-state index is 5.84. The van der Waals surface area contributed by atoms with Gasteiger partial charge in [-0.05, 0) is 28.1 Å². The summed E-state index contributed by atoms with van der Waals surface area (Å²) in [4.78, 5) is 3.27. The second kappa shape index (κ2) is 3.59. The van der Waals surface area contributed by atoms with Crippen molar-refractivity contribution in [3.63, 3.8) is 0 Å². The van der Waals surface area contributed by atoms with Crippen LogP contribution in [0.15, 0.2) is 41.4 Å². The fraction of sp³-hybridized carbons (Fsp3) is 0.0909. The van der Waals surface area contributed by atoms with Crippen molar-refractivity contribution < 1.29 is 0 Å². The van der Waals surface area contributed by atoms with E-state index in [9.17, 15) is 0 Å². The van der Waals surface area contributed by atoms with Crippen molar-refractivity contribution in [3.8, 4) is 0 Å². The van der Waals surface area contributed by atoms with E-state index in [2.05, 4.69) is 33.6 Å². The average molecular weight is 251 g/mol. The first-order valence-corrected chi connectivity index (χ1v) is 5.17. The zero-order valence-corrected chi connectivity index (χ0v) is 9.21. The number of nitrogens with two attached hydrogens (primary N) is 1. The standard InChI is InChI=1S/C11H11BrN2/c1-2-9(13)10-6-7-4-3-5-8(12)11(7)14-10/h2-6,9,14H,1,13H2/t9-/m0/s1. The molecule has 0 unspecified atom stereocenters. The van der Waals surface area contributed by atoms with E-state index in [1.165, 1.54) is 0 Å². The highest BCUT2D eigenvalue weighted by Crippen LogP contribution is 2.25. The molecule has 0 aliphatic rings. The summed E-state index contributed by atoms with van der Waals surface area (Å²) < 4.78 is 1.05. The molecule has 3 heteroatoms. The molecule has 2 rings (SSSR count). The van der Waals surface area contributed by atoms with Crippen molar-refractivity contribution >= 4 is 26.8 Å². The molecule has 1 aromatic heterocycles. The Balaban J connectivity index is 2.62. The molecule has 0 fully saturated rings. The molecule has 0 amide bonds. The Morgan fingerprint density at radius 1 is 1.50 bits per heavy atom. The van der Waals surface area contributed by atoms with Crippen LogP contribution in [0.3, 0.4) is 0 Å². The van der Waals surface area contributed by atoms with Crippen LogP contribution in [-0.2, 0) is 0 Å². The molecule has 2 nitrogen and oxygen atoms in total. The molecule has 0 bridgehead atoms. The lowest BCUT2D eigenvalue weighted by molar-refractivity contribution is 0.880. The van der Waals surface area contributed by atoms with E-state index >= 15 is 0 Å². The van der Waals surface area contributed by atoms with Crippen LogP contribution < -0.4 is 5.73 Å². The zero-order chi connectivity index (χ0) is 10.1. The van der Waals surface area contributed by atoms with Gasteiger partial charge in [0.25, 0.3) is 0 Å². The predicted molar refractivity (Wildman–Crippen MR) is 63.1 cm³/mol. The minimum absolute atomic E-state index is 0.130. The van der Waals surface area contributed by atoms with Gasteiger partial charge in [0.2, 0.25) is 0 Å². The number of para-hydroxylation sites is 1. The molecule has 0 saturated carbocycles. The molecular weight excluding hydrogens is 240 g/mol. The van der Waals surface area contributed by atoms with E-state index in [1.54, 1.807) is 6.08 Å². The Morgan fingerprint density at radius 3 is 2.93 bits per heavy atom. The predicted octanol–water partition coefficient (Wildman–Crippen LogP) is 3.12. The summed E-state index contributed by atoms with van der Waals surface area (Å²) in [6, 6.07) is 7.97. The second-order valence-electron chi connectivity index (χ2n) is 3.19. The van der Waals surface area contributed by atoms with Gasteiger partial charge >= 0.3 is 0 Å². The number of rotatable bonds is 2.